The molecule has 0 aliphatic heterocycles. The van der Waals surface area contributed by atoms with Crippen molar-refractivity contribution in [2.24, 2.45) is 7.05 Å². The molecule has 206 valence electrons. The van der Waals surface area contributed by atoms with Gasteiger partial charge in [-0.25, -0.2) is 13.1 Å². The average molecular weight is 552 g/mol. The lowest BCUT2D eigenvalue weighted by molar-refractivity contribution is 0.200. The Morgan fingerprint density at radius 3 is 2.13 bits per heavy atom. The number of nitrogens with zero attached hydrogens (tertiary/aromatic N) is 4. The van der Waals surface area contributed by atoms with Crippen LogP contribution in [0.2, 0.25) is 0 Å². The SMILES string of the molecule is COc1cnc(OCCOc2nn(C)c(NS(=O)(=O)c3ccc(C(C)(C)C)cc3)c2-c2ccc(C)cc2)nc1. The Morgan fingerprint density at radius 2 is 1.54 bits per heavy atom. The Labute approximate surface area is 229 Å². The Kier molecular flexibility index (Phi) is 8.10. The van der Waals surface area contributed by atoms with E-state index in [0.717, 1.165) is 16.7 Å². The maximum atomic E-state index is 13.4. The summed E-state index contributed by atoms with van der Waals surface area (Å²) in [6.07, 6.45) is 3.01. The van der Waals surface area contributed by atoms with E-state index in [2.05, 4.69) is 40.6 Å². The molecule has 0 radical (unpaired) electrons. The largest absolute Gasteiger partial charge is 0.494 e. The lowest BCUT2D eigenvalue weighted by Gasteiger charge is -2.19. The van der Waals surface area contributed by atoms with Crippen LogP contribution in [0.25, 0.3) is 11.1 Å². The van der Waals surface area contributed by atoms with Crippen LogP contribution < -0.4 is 18.9 Å². The van der Waals surface area contributed by atoms with Crippen LogP contribution in [-0.4, -0.2) is 48.5 Å². The molecule has 4 aromatic rings. The summed E-state index contributed by atoms with van der Waals surface area (Å²) in [5.74, 6) is 1.07. The molecule has 39 heavy (non-hydrogen) atoms. The number of sulfonamides is 1. The number of methoxy groups -OCH3 is 1. The number of ether oxygens (including phenoxy) is 3. The summed E-state index contributed by atoms with van der Waals surface area (Å²) in [6.45, 7) is 8.50. The van der Waals surface area contributed by atoms with Crippen molar-refractivity contribution in [3.63, 3.8) is 0 Å². The number of rotatable bonds is 10. The molecule has 0 aliphatic rings. The van der Waals surface area contributed by atoms with Gasteiger partial charge in [0.1, 0.15) is 19.0 Å². The van der Waals surface area contributed by atoms with Crippen LogP contribution in [0.4, 0.5) is 5.82 Å². The highest BCUT2D eigenvalue weighted by Crippen LogP contribution is 2.38. The molecule has 2 aromatic carbocycles. The van der Waals surface area contributed by atoms with E-state index in [1.54, 1.807) is 19.2 Å². The Morgan fingerprint density at radius 1 is 0.923 bits per heavy atom. The monoisotopic (exact) mass is 551 g/mol. The second-order valence-corrected chi connectivity index (χ2v) is 11.7. The van der Waals surface area contributed by atoms with E-state index < -0.39 is 10.0 Å². The quantitative estimate of drug-likeness (QED) is 0.281. The molecule has 0 aliphatic carbocycles. The minimum atomic E-state index is -3.91. The first kappa shape index (κ1) is 27.9. The highest BCUT2D eigenvalue weighted by atomic mass is 32.2. The van der Waals surface area contributed by atoms with Crippen LogP contribution in [0.1, 0.15) is 31.9 Å². The van der Waals surface area contributed by atoms with E-state index in [1.165, 1.54) is 24.2 Å². The Hall–Kier alpha value is -4.12. The molecule has 0 bridgehead atoms. The Balaban J connectivity index is 1.58. The fourth-order valence-electron chi connectivity index (χ4n) is 3.77. The van der Waals surface area contributed by atoms with Gasteiger partial charge in [0.15, 0.2) is 5.75 Å². The van der Waals surface area contributed by atoms with Crippen molar-refractivity contribution in [1.82, 2.24) is 19.7 Å². The minimum Gasteiger partial charge on any atom is -0.494 e. The molecule has 0 amide bonds. The minimum absolute atomic E-state index is 0.0914. The molecule has 11 heteroatoms. The molecule has 0 saturated heterocycles. The van der Waals surface area contributed by atoms with E-state index in [1.807, 2.05) is 43.3 Å². The number of hydrogen-bond donors (Lipinski definition) is 1. The average Bonchev–Trinajstić information content (AvgIpc) is 3.21. The Bertz CT molecular complexity index is 1510. The van der Waals surface area contributed by atoms with Gasteiger partial charge in [0, 0.05) is 7.05 Å². The van der Waals surface area contributed by atoms with Crippen molar-refractivity contribution in [2.75, 3.05) is 25.0 Å². The first-order valence-electron chi connectivity index (χ1n) is 12.4. The summed E-state index contributed by atoms with van der Waals surface area (Å²) in [6, 6.07) is 14.8. The van der Waals surface area contributed by atoms with Gasteiger partial charge in [-0.15, -0.1) is 5.10 Å². The van der Waals surface area contributed by atoms with Crippen LogP contribution >= 0.6 is 0 Å². The zero-order chi connectivity index (χ0) is 28.2. The number of nitrogens with one attached hydrogen (secondary N) is 1. The van der Waals surface area contributed by atoms with Crippen molar-refractivity contribution < 1.29 is 22.6 Å². The molecule has 0 fully saturated rings. The zero-order valence-corrected chi connectivity index (χ0v) is 23.7. The normalized spacial score (nSPS) is 11.7. The first-order chi connectivity index (χ1) is 18.5. The van der Waals surface area contributed by atoms with Crippen LogP contribution in [-0.2, 0) is 22.5 Å². The molecular formula is C28H33N5O5S. The highest BCUT2D eigenvalue weighted by Gasteiger charge is 2.25. The van der Waals surface area contributed by atoms with Gasteiger partial charge >= 0.3 is 6.01 Å². The lowest BCUT2D eigenvalue weighted by Crippen LogP contribution is -2.17. The van der Waals surface area contributed by atoms with Crippen LogP contribution in [0, 0.1) is 6.92 Å². The molecule has 0 unspecified atom stereocenters. The summed E-state index contributed by atoms with van der Waals surface area (Å²) in [7, 11) is -0.718. The second kappa shape index (κ2) is 11.3. The number of hydrogen-bond acceptors (Lipinski definition) is 8. The van der Waals surface area contributed by atoms with Crippen molar-refractivity contribution in [3.05, 3.63) is 72.1 Å². The van der Waals surface area contributed by atoms with Crippen LogP contribution in [0.3, 0.4) is 0 Å². The summed E-state index contributed by atoms with van der Waals surface area (Å²) in [5.41, 5.74) is 3.29. The van der Waals surface area contributed by atoms with E-state index in [-0.39, 0.29) is 41.2 Å². The second-order valence-electron chi connectivity index (χ2n) is 10.0. The molecule has 2 heterocycles. The third-order valence-electron chi connectivity index (χ3n) is 6.01. The van der Waals surface area contributed by atoms with Crippen LogP contribution in [0.15, 0.2) is 65.8 Å². The topological polar surface area (TPSA) is 117 Å². The molecule has 10 nitrogen and oxygen atoms in total. The first-order valence-corrected chi connectivity index (χ1v) is 13.9. The third kappa shape index (κ3) is 6.66. The van der Waals surface area contributed by atoms with Crippen molar-refractivity contribution >= 4 is 15.8 Å². The van der Waals surface area contributed by atoms with Crippen molar-refractivity contribution in [1.29, 1.82) is 0 Å². The van der Waals surface area contributed by atoms with Crippen molar-refractivity contribution in [2.45, 2.75) is 38.0 Å². The fraction of sp³-hybridized carbons (Fsp3) is 0.321. The van der Waals surface area contributed by atoms with E-state index in [0.29, 0.717) is 11.3 Å². The van der Waals surface area contributed by atoms with Gasteiger partial charge in [-0.2, -0.15) is 9.97 Å². The molecule has 0 atom stereocenters. The third-order valence-corrected chi connectivity index (χ3v) is 7.37. The molecule has 0 saturated carbocycles. The number of aryl methyl sites for hydroxylation is 2. The number of anilines is 1. The van der Waals surface area contributed by atoms with Gasteiger partial charge in [-0.3, -0.25) is 4.72 Å². The lowest BCUT2D eigenvalue weighted by atomic mass is 9.87. The number of aromatic nitrogens is 4. The molecule has 1 N–H and O–H groups in total. The molecular weight excluding hydrogens is 518 g/mol. The molecule has 0 spiro atoms. The molecule has 4 rings (SSSR count). The summed E-state index contributed by atoms with van der Waals surface area (Å²) >= 11 is 0. The van der Waals surface area contributed by atoms with Gasteiger partial charge in [0.2, 0.25) is 5.88 Å². The smallest absolute Gasteiger partial charge is 0.316 e. The van der Waals surface area contributed by atoms with E-state index in [9.17, 15) is 8.42 Å². The summed E-state index contributed by atoms with van der Waals surface area (Å²) in [5, 5.41) is 4.47. The van der Waals surface area contributed by atoms with E-state index in [4.69, 9.17) is 14.2 Å². The van der Waals surface area contributed by atoms with Crippen molar-refractivity contribution in [3.8, 4) is 28.8 Å². The van der Waals surface area contributed by atoms with Gasteiger partial charge < -0.3 is 14.2 Å². The van der Waals surface area contributed by atoms with Gasteiger partial charge in [-0.1, -0.05) is 62.7 Å². The maximum absolute atomic E-state index is 13.4. The predicted molar refractivity (Wildman–Crippen MR) is 149 cm³/mol. The summed E-state index contributed by atoms with van der Waals surface area (Å²) < 4.78 is 47.5. The summed E-state index contributed by atoms with van der Waals surface area (Å²) in [4.78, 5) is 8.28. The van der Waals surface area contributed by atoms with Gasteiger partial charge in [0.25, 0.3) is 10.0 Å². The number of benzene rings is 2. The van der Waals surface area contributed by atoms with E-state index >= 15 is 0 Å². The fourth-order valence-corrected chi connectivity index (χ4v) is 4.87. The van der Waals surface area contributed by atoms with Gasteiger partial charge in [0.05, 0.1) is 30.0 Å². The zero-order valence-electron chi connectivity index (χ0n) is 22.9. The van der Waals surface area contributed by atoms with Gasteiger partial charge in [-0.05, 0) is 35.6 Å². The molecule has 2 aromatic heterocycles. The maximum Gasteiger partial charge on any atom is 0.316 e. The standard InChI is InChI=1S/C28H33N5O5S/c1-19-7-9-20(10-8-19)24-25(32-39(34,35)23-13-11-21(12-14-23)28(2,3)4)33(5)31-26(24)37-15-16-38-27-29-17-22(36-6)18-30-27/h7-14,17-18,32H,15-16H2,1-6H3. The predicted octanol–water partition coefficient (Wildman–Crippen LogP) is 4.75. The van der Waals surface area contributed by atoms with Crippen LogP contribution in [0.5, 0.6) is 17.6 Å². The highest BCUT2D eigenvalue weighted by molar-refractivity contribution is 7.92.